The lowest BCUT2D eigenvalue weighted by molar-refractivity contribution is -0.137. The first-order valence-electron chi connectivity index (χ1n) is 8.20. The van der Waals surface area contributed by atoms with E-state index in [1.54, 1.807) is 28.9 Å². The summed E-state index contributed by atoms with van der Waals surface area (Å²) >= 11 is 0. The van der Waals surface area contributed by atoms with E-state index in [0.29, 0.717) is 32.8 Å². The Balaban J connectivity index is 1.72. The summed E-state index contributed by atoms with van der Waals surface area (Å²) in [6.07, 6.45) is -0.632. The van der Waals surface area contributed by atoms with Crippen molar-refractivity contribution in [1.29, 1.82) is 0 Å². The van der Waals surface area contributed by atoms with Crippen molar-refractivity contribution in [2.45, 2.75) is 19.9 Å². The number of hydrogen-bond donors (Lipinski definition) is 1. The summed E-state index contributed by atoms with van der Waals surface area (Å²) in [5, 5.41) is 2.64. The van der Waals surface area contributed by atoms with E-state index in [4.69, 9.17) is 4.74 Å². The maximum absolute atomic E-state index is 12.8. The fourth-order valence-corrected chi connectivity index (χ4v) is 2.47. The number of nitrogens with one attached hydrogen (secondary N) is 1. The van der Waals surface area contributed by atoms with Crippen LogP contribution in [-0.2, 0) is 20.9 Å². The zero-order valence-electron chi connectivity index (χ0n) is 14.2. The highest BCUT2D eigenvalue weighted by Crippen LogP contribution is 2.06. The van der Waals surface area contributed by atoms with Crippen LogP contribution in [0.25, 0.3) is 0 Å². The van der Waals surface area contributed by atoms with Gasteiger partial charge in [0.2, 0.25) is 11.8 Å². The largest absolute Gasteiger partial charge is 0.450 e. The lowest BCUT2D eigenvalue weighted by Crippen LogP contribution is -2.51. The number of piperazine rings is 1. The molecule has 0 saturated carbocycles. The number of amides is 3. The van der Waals surface area contributed by atoms with Gasteiger partial charge in [0.05, 0.1) is 6.61 Å². The molecule has 0 aliphatic carbocycles. The number of carbonyl (C=O) groups is 3. The van der Waals surface area contributed by atoms with Gasteiger partial charge in [-0.1, -0.05) is 12.1 Å². The van der Waals surface area contributed by atoms with Crippen LogP contribution in [-0.4, -0.2) is 60.5 Å². The molecule has 1 heterocycles. The monoisotopic (exact) mass is 351 g/mol. The molecule has 0 atom stereocenters. The molecular formula is C17H22FN3O4. The molecule has 0 spiro atoms. The average Bonchev–Trinajstić information content (AvgIpc) is 2.61. The van der Waals surface area contributed by atoms with Crippen LogP contribution in [0.4, 0.5) is 9.18 Å². The molecule has 8 heteroatoms. The molecule has 136 valence electrons. The molecule has 3 amide bonds. The van der Waals surface area contributed by atoms with E-state index in [-0.39, 0.29) is 36.7 Å². The SMILES string of the molecule is CCOC(=O)N1CCN(C(=O)CC(=O)NCc2ccc(F)cc2)CC1. The lowest BCUT2D eigenvalue weighted by Gasteiger charge is -2.34. The summed E-state index contributed by atoms with van der Waals surface area (Å²) in [6, 6.07) is 5.78. The Labute approximate surface area is 145 Å². The van der Waals surface area contributed by atoms with E-state index in [9.17, 15) is 18.8 Å². The number of rotatable bonds is 5. The normalized spacial score (nSPS) is 14.2. The highest BCUT2D eigenvalue weighted by atomic mass is 19.1. The van der Waals surface area contributed by atoms with Crippen molar-refractivity contribution in [2.24, 2.45) is 0 Å². The molecule has 1 aliphatic heterocycles. The number of ether oxygens (including phenoxy) is 1. The van der Waals surface area contributed by atoms with Crippen molar-refractivity contribution in [3.63, 3.8) is 0 Å². The zero-order valence-corrected chi connectivity index (χ0v) is 14.2. The average molecular weight is 351 g/mol. The molecule has 0 unspecified atom stereocenters. The first kappa shape index (κ1) is 18.7. The van der Waals surface area contributed by atoms with Gasteiger partial charge in [-0.05, 0) is 24.6 Å². The van der Waals surface area contributed by atoms with Gasteiger partial charge in [0.15, 0.2) is 0 Å². The number of carbonyl (C=O) groups excluding carboxylic acids is 3. The maximum atomic E-state index is 12.8. The molecule has 7 nitrogen and oxygen atoms in total. The summed E-state index contributed by atoms with van der Waals surface area (Å²) in [7, 11) is 0. The van der Waals surface area contributed by atoms with Crippen LogP contribution in [0.3, 0.4) is 0 Å². The van der Waals surface area contributed by atoms with E-state index < -0.39 is 0 Å². The van der Waals surface area contributed by atoms with Crippen LogP contribution in [0.5, 0.6) is 0 Å². The van der Waals surface area contributed by atoms with Crippen LogP contribution in [0.2, 0.25) is 0 Å². The lowest BCUT2D eigenvalue weighted by atomic mass is 10.2. The van der Waals surface area contributed by atoms with Crippen LogP contribution < -0.4 is 5.32 Å². The predicted molar refractivity (Wildman–Crippen MR) is 88.0 cm³/mol. The van der Waals surface area contributed by atoms with Crippen molar-refractivity contribution in [2.75, 3.05) is 32.8 Å². The standard InChI is InChI=1S/C17H22FN3O4/c1-2-25-17(24)21-9-7-20(8-10-21)16(23)11-15(22)19-12-13-3-5-14(18)6-4-13/h3-6H,2,7-12H2,1H3,(H,19,22). The van der Waals surface area contributed by atoms with Crippen molar-refractivity contribution >= 4 is 17.9 Å². The highest BCUT2D eigenvalue weighted by Gasteiger charge is 2.25. The van der Waals surface area contributed by atoms with Crippen molar-refractivity contribution < 1.29 is 23.5 Å². The van der Waals surface area contributed by atoms with Gasteiger partial charge < -0.3 is 19.9 Å². The topological polar surface area (TPSA) is 79.0 Å². The van der Waals surface area contributed by atoms with Crippen LogP contribution >= 0.6 is 0 Å². The predicted octanol–water partition coefficient (Wildman–Crippen LogP) is 1.13. The molecule has 2 rings (SSSR count). The molecule has 25 heavy (non-hydrogen) atoms. The second-order valence-electron chi connectivity index (χ2n) is 5.65. The Morgan fingerprint density at radius 3 is 2.28 bits per heavy atom. The fraction of sp³-hybridized carbons (Fsp3) is 0.471. The summed E-state index contributed by atoms with van der Waals surface area (Å²) < 4.78 is 17.7. The minimum absolute atomic E-state index is 0.239. The van der Waals surface area contributed by atoms with Crippen molar-refractivity contribution in [3.8, 4) is 0 Å². The van der Waals surface area contributed by atoms with Crippen LogP contribution in [0.15, 0.2) is 24.3 Å². The molecule has 1 fully saturated rings. The number of benzene rings is 1. The minimum Gasteiger partial charge on any atom is -0.450 e. The van der Waals surface area contributed by atoms with Gasteiger partial charge in [0.1, 0.15) is 12.2 Å². The molecule has 1 aromatic rings. The van der Waals surface area contributed by atoms with Gasteiger partial charge in [0, 0.05) is 32.7 Å². The molecule has 0 bridgehead atoms. The second kappa shape index (κ2) is 9.00. The van der Waals surface area contributed by atoms with Gasteiger partial charge in [-0.2, -0.15) is 0 Å². The molecule has 0 radical (unpaired) electrons. The van der Waals surface area contributed by atoms with E-state index in [2.05, 4.69) is 5.32 Å². The number of hydrogen-bond acceptors (Lipinski definition) is 4. The van der Waals surface area contributed by atoms with Crippen molar-refractivity contribution in [1.82, 2.24) is 15.1 Å². The summed E-state index contributed by atoms with van der Waals surface area (Å²) in [6.45, 7) is 3.83. The van der Waals surface area contributed by atoms with Crippen LogP contribution in [0, 0.1) is 5.82 Å². The Kier molecular flexibility index (Phi) is 6.73. The number of halogens is 1. The van der Waals surface area contributed by atoms with Crippen LogP contribution in [0.1, 0.15) is 18.9 Å². The van der Waals surface area contributed by atoms with E-state index in [0.717, 1.165) is 5.56 Å². The van der Waals surface area contributed by atoms with Gasteiger partial charge in [-0.3, -0.25) is 9.59 Å². The highest BCUT2D eigenvalue weighted by molar-refractivity contribution is 5.96. The maximum Gasteiger partial charge on any atom is 0.409 e. The third-order valence-electron chi connectivity index (χ3n) is 3.87. The smallest absolute Gasteiger partial charge is 0.409 e. The Morgan fingerprint density at radius 2 is 1.68 bits per heavy atom. The summed E-state index contributed by atoms with van der Waals surface area (Å²) in [5.74, 6) is -1.01. The molecule has 1 saturated heterocycles. The quantitative estimate of drug-likeness (QED) is 0.807. The van der Waals surface area contributed by atoms with Gasteiger partial charge >= 0.3 is 6.09 Å². The Bertz CT molecular complexity index is 613. The van der Waals surface area contributed by atoms with E-state index >= 15 is 0 Å². The third kappa shape index (κ3) is 5.74. The Hall–Kier alpha value is -2.64. The Morgan fingerprint density at radius 1 is 1.08 bits per heavy atom. The second-order valence-corrected chi connectivity index (χ2v) is 5.65. The zero-order chi connectivity index (χ0) is 18.2. The third-order valence-corrected chi connectivity index (χ3v) is 3.87. The number of nitrogens with zero attached hydrogens (tertiary/aromatic N) is 2. The molecule has 0 aromatic heterocycles. The summed E-state index contributed by atoms with van der Waals surface area (Å²) in [4.78, 5) is 38.7. The van der Waals surface area contributed by atoms with Gasteiger partial charge in [-0.15, -0.1) is 0 Å². The fourth-order valence-electron chi connectivity index (χ4n) is 2.47. The van der Waals surface area contributed by atoms with E-state index in [1.165, 1.54) is 12.1 Å². The minimum atomic E-state index is -0.387. The molecule has 1 aliphatic rings. The first-order valence-corrected chi connectivity index (χ1v) is 8.20. The van der Waals surface area contributed by atoms with E-state index in [1.807, 2.05) is 0 Å². The summed E-state index contributed by atoms with van der Waals surface area (Å²) in [5.41, 5.74) is 0.755. The van der Waals surface area contributed by atoms with Gasteiger partial charge in [-0.25, -0.2) is 9.18 Å². The molecule has 1 N–H and O–H groups in total. The molecule has 1 aromatic carbocycles. The first-order chi connectivity index (χ1) is 12.0. The van der Waals surface area contributed by atoms with Crippen molar-refractivity contribution in [3.05, 3.63) is 35.6 Å². The van der Waals surface area contributed by atoms with Gasteiger partial charge in [0.25, 0.3) is 0 Å². The molecular weight excluding hydrogens is 329 g/mol.